The molecule has 0 bridgehead atoms. The summed E-state index contributed by atoms with van der Waals surface area (Å²) in [5.74, 6) is 0.0169. The smallest absolute Gasteiger partial charge is 0.252 e. The van der Waals surface area contributed by atoms with E-state index in [1.54, 1.807) is 0 Å². The molecular weight excluding hydrogens is 370 g/mol. The highest BCUT2D eigenvalue weighted by molar-refractivity contribution is 9.10. The molecule has 0 aliphatic heterocycles. The number of hydrogen-bond donors (Lipinski definition) is 1. The summed E-state index contributed by atoms with van der Waals surface area (Å²) in [6.45, 7) is 2.02. The van der Waals surface area contributed by atoms with Crippen LogP contribution in [0.4, 0.5) is 0 Å². The van der Waals surface area contributed by atoms with E-state index >= 15 is 0 Å². The van der Waals surface area contributed by atoms with Crippen molar-refractivity contribution >= 4 is 37.8 Å². The molecule has 2 unspecified atom stereocenters. The molecule has 1 aliphatic rings. The van der Waals surface area contributed by atoms with Crippen molar-refractivity contribution in [3.05, 3.63) is 33.8 Å². The molecule has 0 heterocycles. The monoisotopic (exact) mass is 387 g/mol. The van der Waals surface area contributed by atoms with Crippen LogP contribution in [-0.2, 0) is 0 Å². The first kappa shape index (κ1) is 15.0. The van der Waals surface area contributed by atoms with Gasteiger partial charge in [-0.2, -0.15) is 0 Å². The number of hydrogen-bond acceptors (Lipinski definition) is 1. The fourth-order valence-corrected chi connectivity index (χ4v) is 3.87. The first-order valence-electron chi connectivity index (χ1n) is 6.79. The van der Waals surface area contributed by atoms with Crippen LogP contribution in [0.5, 0.6) is 0 Å². The number of amides is 1. The Labute approximate surface area is 131 Å². The van der Waals surface area contributed by atoms with Crippen LogP contribution in [-0.4, -0.2) is 16.8 Å². The zero-order chi connectivity index (χ0) is 13.8. The van der Waals surface area contributed by atoms with Gasteiger partial charge in [0.15, 0.2) is 0 Å². The number of halogens is 2. The molecule has 1 saturated carbocycles. The lowest BCUT2D eigenvalue weighted by Gasteiger charge is -2.21. The molecule has 19 heavy (non-hydrogen) atoms. The fourth-order valence-electron chi connectivity index (χ4n) is 2.48. The fraction of sp³-hybridized carbons (Fsp3) is 0.533. The normalized spacial score (nSPS) is 23.7. The van der Waals surface area contributed by atoms with Gasteiger partial charge in [0.25, 0.3) is 5.91 Å². The minimum atomic E-state index is 0.0169. The van der Waals surface area contributed by atoms with Crippen LogP contribution in [0.2, 0.25) is 0 Å². The molecule has 1 fully saturated rings. The minimum Gasteiger partial charge on any atom is -0.348 e. The molecule has 0 aromatic heterocycles. The van der Waals surface area contributed by atoms with E-state index in [9.17, 15) is 4.79 Å². The molecule has 2 nitrogen and oxygen atoms in total. The number of rotatable bonds is 2. The van der Waals surface area contributed by atoms with Gasteiger partial charge in [-0.3, -0.25) is 4.79 Å². The van der Waals surface area contributed by atoms with Crippen molar-refractivity contribution < 1.29 is 4.79 Å². The number of aryl methyl sites for hydroxylation is 1. The van der Waals surface area contributed by atoms with E-state index in [1.165, 1.54) is 19.3 Å². The van der Waals surface area contributed by atoms with Crippen LogP contribution >= 0.6 is 31.9 Å². The molecular formula is C15H19Br2NO. The maximum absolute atomic E-state index is 12.3. The van der Waals surface area contributed by atoms with E-state index in [0.717, 1.165) is 28.4 Å². The highest BCUT2D eigenvalue weighted by Crippen LogP contribution is 2.25. The summed E-state index contributed by atoms with van der Waals surface area (Å²) < 4.78 is 0.866. The summed E-state index contributed by atoms with van der Waals surface area (Å²) in [7, 11) is 0. The van der Waals surface area contributed by atoms with Gasteiger partial charge in [0.05, 0.1) is 5.56 Å². The van der Waals surface area contributed by atoms with E-state index in [1.807, 2.05) is 25.1 Å². The minimum absolute atomic E-state index is 0.0169. The highest BCUT2D eigenvalue weighted by atomic mass is 79.9. The van der Waals surface area contributed by atoms with Gasteiger partial charge in [0.1, 0.15) is 0 Å². The summed E-state index contributed by atoms with van der Waals surface area (Å²) in [4.78, 5) is 12.7. The molecule has 2 atom stereocenters. The molecule has 0 saturated heterocycles. The Hall–Kier alpha value is -0.350. The van der Waals surface area contributed by atoms with Crippen LogP contribution < -0.4 is 5.32 Å². The number of carbonyl (C=O) groups excluding carboxylic acids is 1. The molecule has 1 amide bonds. The lowest BCUT2D eigenvalue weighted by Crippen LogP contribution is -2.40. The average molecular weight is 389 g/mol. The zero-order valence-corrected chi connectivity index (χ0v) is 14.3. The first-order valence-corrected chi connectivity index (χ1v) is 8.50. The van der Waals surface area contributed by atoms with E-state index in [2.05, 4.69) is 37.2 Å². The second-order valence-electron chi connectivity index (χ2n) is 5.22. The van der Waals surface area contributed by atoms with Crippen LogP contribution in [0, 0.1) is 6.92 Å². The molecule has 1 aromatic rings. The van der Waals surface area contributed by atoms with Gasteiger partial charge >= 0.3 is 0 Å². The van der Waals surface area contributed by atoms with Gasteiger partial charge in [-0.15, -0.1) is 0 Å². The van der Waals surface area contributed by atoms with Gasteiger partial charge in [-0.05, 0) is 53.4 Å². The number of carbonyl (C=O) groups is 1. The topological polar surface area (TPSA) is 29.1 Å². The Morgan fingerprint density at radius 2 is 2.00 bits per heavy atom. The van der Waals surface area contributed by atoms with E-state index in [-0.39, 0.29) is 11.9 Å². The Morgan fingerprint density at radius 3 is 2.74 bits per heavy atom. The SMILES string of the molecule is Cc1ccc(C(=O)NC2CCCCCC2Br)c(Br)c1. The second-order valence-corrected chi connectivity index (χ2v) is 7.25. The lowest BCUT2D eigenvalue weighted by molar-refractivity contribution is 0.0934. The van der Waals surface area contributed by atoms with Crippen molar-refractivity contribution in [1.29, 1.82) is 0 Å². The average Bonchev–Trinajstić information content (AvgIpc) is 2.55. The Kier molecular flexibility index (Phi) is 5.46. The largest absolute Gasteiger partial charge is 0.348 e. The Balaban J connectivity index is 2.07. The standard InChI is InChI=1S/C15H19Br2NO/c1-10-7-8-11(13(17)9-10)15(19)18-14-6-4-2-3-5-12(14)16/h7-9,12,14H,2-6H2,1H3,(H,18,19). The summed E-state index contributed by atoms with van der Waals surface area (Å²) in [5.41, 5.74) is 1.87. The van der Waals surface area contributed by atoms with Crippen LogP contribution in [0.15, 0.2) is 22.7 Å². The lowest BCUT2D eigenvalue weighted by atomic mass is 10.1. The van der Waals surface area contributed by atoms with Gasteiger partial charge < -0.3 is 5.32 Å². The van der Waals surface area contributed by atoms with E-state index in [0.29, 0.717) is 4.83 Å². The van der Waals surface area contributed by atoms with Crippen LogP contribution in [0.1, 0.15) is 48.0 Å². The third kappa shape index (κ3) is 4.06. The van der Waals surface area contributed by atoms with Crippen molar-refractivity contribution in [2.24, 2.45) is 0 Å². The van der Waals surface area contributed by atoms with Crippen molar-refractivity contribution in [2.45, 2.75) is 49.9 Å². The van der Waals surface area contributed by atoms with Crippen molar-refractivity contribution in [3.63, 3.8) is 0 Å². The number of benzene rings is 1. The quantitative estimate of drug-likeness (QED) is 0.582. The third-order valence-electron chi connectivity index (χ3n) is 3.62. The predicted molar refractivity (Wildman–Crippen MR) is 85.9 cm³/mol. The van der Waals surface area contributed by atoms with Crippen molar-refractivity contribution in [3.8, 4) is 0 Å². The summed E-state index contributed by atoms with van der Waals surface area (Å²) in [6.07, 6.45) is 5.91. The highest BCUT2D eigenvalue weighted by Gasteiger charge is 2.23. The van der Waals surface area contributed by atoms with E-state index in [4.69, 9.17) is 0 Å². The molecule has 1 N–H and O–H groups in total. The third-order valence-corrected chi connectivity index (χ3v) is 5.37. The molecule has 0 spiro atoms. The molecule has 4 heteroatoms. The van der Waals surface area contributed by atoms with Crippen molar-refractivity contribution in [1.82, 2.24) is 5.32 Å². The molecule has 104 valence electrons. The van der Waals surface area contributed by atoms with Crippen LogP contribution in [0.3, 0.4) is 0 Å². The van der Waals surface area contributed by atoms with Crippen molar-refractivity contribution in [2.75, 3.05) is 0 Å². The molecule has 1 aliphatic carbocycles. The number of nitrogens with one attached hydrogen (secondary N) is 1. The zero-order valence-electron chi connectivity index (χ0n) is 11.1. The molecule has 0 radical (unpaired) electrons. The molecule has 1 aromatic carbocycles. The van der Waals surface area contributed by atoms with Gasteiger partial charge in [0, 0.05) is 15.3 Å². The summed E-state index contributed by atoms with van der Waals surface area (Å²) in [5, 5.41) is 3.17. The summed E-state index contributed by atoms with van der Waals surface area (Å²) in [6, 6.07) is 6.07. The maximum atomic E-state index is 12.3. The molecule has 2 rings (SSSR count). The van der Waals surface area contributed by atoms with E-state index < -0.39 is 0 Å². The van der Waals surface area contributed by atoms with Crippen LogP contribution in [0.25, 0.3) is 0 Å². The first-order chi connectivity index (χ1) is 9.08. The Morgan fingerprint density at radius 1 is 1.26 bits per heavy atom. The maximum Gasteiger partial charge on any atom is 0.252 e. The number of alkyl halides is 1. The van der Waals surface area contributed by atoms with Gasteiger partial charge in [-0.1, -0.05) is 41.3 Å². The second kappa shape index (κ2) is 6.89. The van der Waals surface area contributed by atoms with Gasteiger partial charge in [0.2, 0.25) is 0 Å². The Bertz CT molecular complexity index is 461. The summed E-state index contributed by atoms with van der Waals surface area (Å²) >= 11 is 7.18. The van der Waals surface area contributed by atoms with Gasteiger partial charge in [-0.25, -0.2) is 0 Å². The predicted octanol–water partition coefficient (Wildman–Crippen LogP) is 4.58.